The van der Waals surface area contributed by atoms with Gasteiger partial charge in [-0.05, 0) is 93.2 Å². The van der Waals surface area contributed by atoms with Crippen LogP contribution >= 0.6 is 23.2 Å². The summed E-state index contributed by atoms with van der Waals surface area (Å²) in [5, 5.41) is 10.1. The smallest absolute Gasteiger partial charge is 0.303 e. The monoisotopic (exact) mass is 689 g/mol. The summed E-state index contributed by atoms with van der Waals surface area (Å²) >= 11 is 12.6. The van der Waals surface area contributed by atoms with E-state index >= 15 is 0 Å². The summed E-state index contributed by atoms with van der Waals surface area (Å²) < 4.78 is 29.1. The Balaban J connectivity index is 1.24. The lowest BCUT2D eigenvalue weighted by Crippen LogP contribution is -2.47. The summed E-state index contributed by atoms with van der Waals surface area (Å²) in [6.45, 7) is 6.65. The number of carboxylic acids is 1. The van der Waals surface area contributed by atoms with Crippen LogP contribution in [0.1, 0.15) is 37.7 Å². The van der Waals surface area contributed by atoms with Gasteiger partial charge in [0.25, 0.3) is 0 Å². The largest absolute Gasteiger partial charge is 0.481 e. The molecule has 2 fully saturated rings. The minimum absolute atomic E-state index is 0.219. The van der Waals surface area contributed by atoms with Gasteiger partial charge in [-0.1, -0.05) is 23.2 Å². The minimum atomic E-state index is -2.93. The van der Waals surface area contributed by atoms with Gasteiger partial charge in [0.15, 0.2) is 0 Å². The number of likely N-dealkylation sites (tertiary alicyclic amines) is 1. The van der Waals surface area contributed by atoms with E-state index in [0.717, 1.165) is 82.0 Å². The highest BCUT2D eigenvalue weighted by Gasteiger charge is 2.21. The number of carboxylic acid groups (broad SMARTS) is 1. The zero-order valence-electron chi connectivity index (χ0n) is 26.1. The van der Waals surface area contributed by atoms with E-state index in [9.17, 15) is 13.2 Å². The molecule has 0 bridgehead atoms. The molecule has 2 aliphatic heterocycles. The molecule has 13 heteroatoms. The van der Waals surface area contributed by atoms with E-state index in [-0.39, 0.29) is 12.2 Å². The zero-order chi connectivity index (χ0) is 32.7. The van der Waals surface area contributed by atoms with Crippen LogP contribution in [0.5, 0.6) is 11.6 Å². The molecule has 0 radical (unpaired) electrons. The number of pyridine rings is 2. The second kappa shape index (κ2) is 15.8. The van der Waals surface area contributed by atoms with Gasteiger partial charge in [-0.15, -0.1) is 0 Å². The van der Waals surface area contributed by atoms with E-state index in [0.29, 0.717) is 46.3 Å². The Kier molecular flexibility index (Phi) is 11.8. The van der Waals surface area contributed by atoms with E-state index in [1.807, 2.05) is 36.4 Å². The van der Waals surface area contributed by atoms with Crippen molar-refractivity contribution in [2.45, 2.75) is 38.6 Å². The number of hydrogen-bond donors (Lipinski definition) is 1. The van der Waals surface area contributed by atoms with Crippen molar-refractivity contribution < 1.29 is 23.1 Å². The van der Waals surface area contributed by atoms with E-state index in [2.05, 4.69) is 19.7 Å². The number of benzene rings is 1. The van der Waals surface area contributed by atoms with Crippen LogP contribution in [0, 0.1) is 5.92 Å². The molecule has 1 N–H and O–H groups in total. The van der Waals surface area contributed by atoms with Crippen molar-refractivity contribution in [1.82, 2.24) is 19.8 Å². The molecule has 0 aliphatic carbocycles. The number of nitrogens with zero attached hydrogens (tertiary/aromatic N) is 5. The standard InChI is InChI=1S/C33H41Cl2N5O5S/c1-46(43,44)16-2-9-38-12-14-40(15-13-38)31-5-4-29(22-36-31)45-32-18-25(17-30(37-32)26-19-27(34)21-28(35)20-26)23-39-10-7-24(8-11-39)3-6-33(41)42/h4-5,17-22,24H,2-3,6-16,23H2,1H3,(H,41,42). The van der Waals surface area contributed by atoms with E-state index < -0.39 is 15.8 Å². The first-order valence-electron chi connectivity index (χ1n) is 15.7. The highest BCUT2D eigenvalue weighted by atomic mass is 35.5. The number of anilines is 1. The molecule has 0 unspecified atom stereocenters. The number of hydrogen-bond acceptors (Lipinski definition) is 9. The first kappa shape index (κ1) is 34.4. The van der Waals surface area contributed by atoms with Crippen LogP contribution in [-0.2, 0) is 21.2 Å². The molecule has 2 saturated heterocycles. The van der Waals surface area contributed by atoms with Crippen molar-refractivity contribution in [3.8, 4) is 22.9 Å². The molecule has 2 aliphatic rings. The topological polar surface area (TPSA) is 116 Å². The summed E-state index contributed by atoms with van der Waals surface area (Å²) in [6, 6.07) is 13.2. The summed E-state index contributed by atoms with van der Waals surface area (Å²) in [5.74, 6) is 1.81. The average Bonchev–Trinajstić information content (AvgIpc) is 3.00. The fourth-order valence-corrected chi connectivity index (χ4v) is 7.24. The third-order valence-electron chi connectivity index (χ3n) is 8.53. The predicted octanol–water partition coefficient (Wildman–Crippen LogP) is 5.88. The molecule has 4 heterocycles. The molecule has 1 aromatic carbocycles. The second-order valence-electron chi connectivity index (χ2n) is 12.3. The Morgan fingerprint density at radius 3 is 2.33 bits per heavy atom. The number of aromatic nitrogens is 2. The van der Waals surface area contributed by atoms with Crippen LogP contribution in [-0.4, -0.2) is 97.1 Å². The quantitative estimate of drug-likeness (QED) is 0.233. The maximum absolute atomic E-state index is 11.4. The summed E-state index contributed by atoms with van der Waals surface area (Å²) in [6.07, 6.45) is 6.56. The van der Waals surface area contributed by atoms with E-state index in [1.54, 1.807) is 12.3 Å². The Bertz CT molecular complexity index is 1570. The van der Waals surface area contributed by atoms with Crippen molar-refractivity contribution in [3.05, 3.63) is 64.3 Å². The first-order valence-corrected chi connectivity index (χ1v) is 18.5. The number of piperidine rings is 1. The Labute approximate surface area is 281 Å². The van der Waals surface area contributed by atoms with Crippen LogP contribution < -0.4 is 9.64 Å². The molecule has 10 nitrogen and oxygen atoms in total. The van der Waals surface area contributed by atoms with Crippen LogP contribution in [0.3, 0.4) is 0 Å². The number of aliphatic carboxylic acids is 1. The van der Waals surface area contributed by atoms with Gasteiger partial charge in [0.05, 0.1) is 17.6 Å². The summed E-state index contributed by atoms with van der Waals surface area (Å²) in [4.78, 5) is 27.3. The number of ether oxygens (including phenoxy) is 1. The van der Waals surface area contributed by atoms with Crippen molar-refractivity contribution in [2.24, 2.45) is 5.92 Å². The lowest BCUT2D eigenvalue weighted by Gasteiger charge is -2.35. The molecular weight excluding hydrogens is 649 g/mol. The predicted molar refractivity (Wildman–Crippen MR) is 182 cm³/mol. The molecule has 0 spiro atoms. The number of sulfone groups is 1. The Hall–Kier alpha value is -2.96. The highest BCUT2D eigenvalue weighted by Crippen LogP contribution is 2.31. The van der Waals surface area contributed by atoms with Gasteiger partial charge in [-0.2, -0.15) is 0 Å². The molecule has 5 rings (SSSR count). The third kappa shape index (κ3) is 10.5. The summed E-state index contributed by atoms with van der Waals surface area (Å²) in [7, 11) is -2.93. The van der Waals surface area contributed by atoms with Crippen molar-refractivity contribution in [2.75, 3.05) is 62.7 Å². The summed E-state index contributed by atoms with van der Waals surface area (Å²) in [5.41, 5.74) is 2.53. The third-order valence-corrected chi connectivity index (χ3v) is 10.00. The molecule has 3 aromatic rings. The van der Waals surface area contributed by atoms with Gasteiger partial charge in [-0.3, -0.25) is 14.6 Å². The van der Waals surface area contributed by atoms with Crippen LogP contribution in [0.15, 0.2) is 48.7 Å². The number of halogens is 2. The Morgan fingerprint density at radius 1 is 0.978 bits per heavy atom. The molecule has 248 valence electrons. The normalized spacial score (nSPS) is 16.9. The molecule has 0 saturated carbocycles. The average molecular weight is 691 g/mol. The molecular formula is C33H41Cl2N5O5S. The van der Waals surface area contributed by atoms with Crippen LogP contribution in [0.2, 0.25) is 10.0 Å². The number of carbonyl (C=O) groups is 1. The van der Waals surface area contributed by atoms with Crippen molar-refractivity contribution in [3.63, 3.8) is 0 Å². The second-order valence-corrected chi connectivity index (χ2v) is 15.4. The molecule has 46 heavy (non-hydrogen) atoms. The maximum Gasteiger partial charge on any atom is 0.303 e. The zero-order valence-corrected chi connectivity index (χ0v) is 28.4. The highest BCUT2D eigenvalue weighted by molar-refractivity contribution is 7.90. The van der Waals surface area contributed by atoms with Gasteiger partial charge in [0.1, 0.15) is 21.4 Å². The fraction of sp³-hybridized carbons (Fsp3) is 0.485. The lowest BCUT2D eigenvalue weighted by molar-refractivity contribution is -0.137. The van der Waals surface area contributed by atoms with Crippen molar-refractivity contribution >= 4 is 44.8 Å². The van der Waals surface area contributed by atoms with Gasteiger partial charge in [0.2, 0.25) is 5.88 Å². The van der Waals surface area contributed by atoms with Gasteiger partial charge in [0, 0.05) is 67.1 Å². The fourth-order valence-electron chi connectivity index (χ4n) is 6.06. The molecule has 2 aromatic heterocycles. The maximum atomic E-state index is 11.4. The molecule has 0 amide bonds. The Morgan fingerprint density at radius 2 is 1.70 bits per heavy atom. The van der Waals surface area contributed by atoms with Crippen LogP contribution in [0.25, 0.3) is 11.3 Å². The first-order chi connectivity index (χ1) is 22.0. The minimum Gasteiger partial charge on any atom is -0.481 e. The van der Waals surface area contributed by atoms with Gasteiger partial charge < -0.3 is 14.7 Å². The SMILES string of the molecule is CS(=O)(=O)CCCN1CCN(c2ccc(Oc3cc(CN4CCC(CCC(=O)O)CC4)cc(-c4cc(Cl)cc(Cl)c4)n3)cn2)CC1. The number of piperazine rings is 1. The van der Waals surface area contributed by atoms with Gasteiger partial charge in [-0.25, -0.2) is 18.4 Å². The van der Waals surface area contributed by atoms with Crippen LogP contribution in [0.4, 0.5) is 5.82 Å². The van der Waals surface area contributed by atoms with Crippen molar-refractivity contribution in [1.29, 1.82) is 0 Å². The number of rotatable bonds is 13. The lowest BCUT2D eigenvalue weighted by atomic mass is 9.92. The van der Waals surface area contributed by atoms with E-state index in [1.165, 1.54) is 6.26 Å². The molecule has 0 atom stereocenters. The van der Waals surface area contributed by atoms with Gasteiger partial charge >= 0.3 is 5.97 Å². The van der Waals surface area contributed by atoms with E-state index in [4.69, 9.17) is 38.0 Å².